The van der Waals surface area contributed by atoms with Gasteiger partial charge in [0, 0.05) is 6.42 Å². The molecule has 1 heteroatoms. The maximum Gasteiger partial charge on any atom is 0.0991 e. The molecule has 0 N–H and O–H groups in total. The highest BCUT2D eigenvalue weighted by Crippen LogP contribution is 2.11. The van der Waals surface area contributed by atoms with Crippen LogP contribution in [0.25, 0.3) is 0 Å². The van der Waals surface area contributed by atoms with Crippen LogP contribution < -0.4 is 0 Å². The molecule has 0 bridgehead atoms. The molecule has 0 aliphatic rings. The molecule has 1 nitrogen and oxygen atoms in total. The SMILES string of the molecule is C=CO/C(=C\C)CC(C)C. The fraction of sp³-hybridized carbons (Fsp3) is 0.556. The van der Waals surface area contributed by atoms with Crippen molar-refractivity contribution >= 4 is 0 Å². The summed E-state index contributed by atoms with van der Waals surface area (Å²) in [7, 11) is 0. The fourth-order valence-corrected chi connectivity index (χ4v) is 0.743. The third kappa shape index (κ3) is 4.19. The molecule has 0 fully saturated rings. The van der Waals surface area contributed by atoms with Gasteiger partial charge >= 0.3 is 0 Å². The molecule has 0 rings (SSSR count). The minimum Gasteiger partial charge on any atom is -0.470 e. The highest BCUT2D eigenvalue weighted by atomic mass is 16.5. The summed E-state index contributed by atoms with van der Waals surface area (Å²) in [6, 6.07) is 0. The highest BCUT2D eigenvalue weighted by molar-refractivity contribution is 4.92. The van der Waals surface area contributed by atoms with Crippen molar-refractivity contribution in [3.63, 3.8) is 0 Å². The molecule has 0 aromatic heterocycles. The van der Waals surface area contributed by atoms with Gasteiger partial charge in [-0.25, -0.2) is 0 Å². The van der Waals surface area contributed by atoms with Gasteiger partial charge in [-0.3, -0.25) is 0 Å². The van der Waals surface area contributed by atoms with Crippen LogP contribution in [0, 0.1) is 5.92 Å². The second-order valence-electron chi connectivity index (χ2n) is 2.64. The summed E-state index contributed by atoms with van der Waals surface area (Å²) < 4.78 is 5.13. The Labute approximate surface area is 63.4 Å². The van der Waals surface area contributed by atoms with Gasteiger partial charge in [0.05, 0.1) is 12.0 Å². The van der Waals surface area contributed by atoms with Crippen LogP contribution >= 0.6 is 0 Å². The van der Waals surface area contributed by atoms with Gasteiger partial charge in [0.2, 0.25) is 0 Å². The largest absolute Gasteiger partial charge is 0.470 e. The van der Waals surface area contributed by atoms with Crippen molar-refractivity contribution in [2.24, 2.45) is 5.92 Å². The van der Waals surface area contributed by atoms with Crippen LogP contribution in [0.15, 0.2) is 24.7 Å². The molecule has 58 valence electrons. The van der Waals surface area contributed by atoms with Gasteiger partial charge in [0.15, 0.2) is 0 Å². The van der Waals surface area contributed by atoms with E-state index in [1.165, 1.54) is 6.26 Å². The molecule has 0 aromatic rings. The van der Waals surface area contributed by atoms with E-state index in [0.717, 1.165) is 12.2 Å². The van der Waals surface area contributed by atoms with Crippen molar-refractivity contribution in [2.45, 2.75) is 27.2 Å². The van der Waals surface area contributed by atoms with Crippen molar-refractivity contribution < 1.29 is 4.74 Å². The fourth-order valence-electron chi connectivity index (χ4n) is 0.743. The minimum absolute atomic E-state index is 0.645. The van der Waals surface area contributed by atoms with Crippen molar-refractivity contribution in [1.82, 2.24) is 0 Å². The molecule has 0 aliphatic heterocycles. The Balaban J connectivity index is 3.73. The first kappa shape index (κ1) is 9.28. The van der Waals surface area contributed by atoms with Crippen molar-refractivity contribution in [2.75, 3.05) is 0 Å². The van der Waals surface area contributed by atoms with E-state index in [-0.39, 0.29) is 0 Å². The van der Waals surface area contributed by atoms with Gasteiger partial charge < -0.3 is 4.74 Å². The zero-order valence-electron chi connectivity index (χ0n) is 7.05. The monoisotopic (exact) mass is 140 g/mol. The van der Waals surface area contributed by atoms with Crippen LogP contribution in [-0.2, 0) is 4.74 Å². The molecule has 0 radical (unpaired) electrons. The third-order valence-electron chi connectivity index (χ3n) is 1.17. The molecule has 0 amide bonds. The Hall–Kier alpha value is -0.720. The molecule has 0 saturated carbocycles. The van der Waals surface area contributed by atoms with Crippen LogP contribution in [-0.4, -0.2) is 0 Å². The molecular formula is C9H16O. The summed E-state index contributed by atoms with van der Waals surface area (Å²) in [4.78, 5) is 0. The number of hydrogen-bond donors (Lipinski definition) is 0. The lowest BCUT2D eigenvalue weighted by molar-refractivity contribution is 0.317. The zero-order chi connectivity index (χ0) is 7.98. The molecule has 0 aliphatic carbocycles. The predicted octanol–water partition coefficient (Wildman–Crippen LogP) is 3.10. The second kappa shape index (κ2) is 5.10. The average molecular weight is 140 g/mol. The van der Waals surface area contributed by atoms with E-state index in [1.807, 2.05) is 13.0 Å². The Morgan fingerprint density at radius 3 is 2.50 bits per heavy atom. The van der Waals surface area contributed by atoms with Gasteiger partial charge in [0.25, 0.3) is 0 Å². The topological polar surface area (TPSA) is 9.23 Å². The van der Waals surface area contributed by atoms with Gasteiger partial charge in [0.1, 0.15) is 0 Å². The maximum atomic E-state index is 5.13. The first-order valence-electron chi connectivity index (χ1n) is 3.63. The van der Waals surface area contributed by atoms with E-state index in [1.54, 1.807) is 0 Å². The molecule has 0 heterocycles. The number of hydrogen-bond acceptors (Lipinski definition) is 1. The summed E-state index contributed by atoms with van der Waals surface area (Å²) >= 11 is 0. The normalized spacial score (nSPS) is 11.8. The van der Waals surface area contributed by atoms with E-state index < -0.39 is 0 Å². The average Bonchev–Trinajstić information content (AvgIpc) is 1.86. The summed E-state index contributed by atoms with van der Waals surface area (Å²) in [6.45, 7) is 9.79. The zero-order valence-corrected chi connectivity index (χ0v) is 7.05. The molecule has 0 unspecified atom stereocenters. The van der Waals surface area contributed by atoms with E-state index in [2.05, 4.69) is 20.4 Å². The van der Waals surface area contributed by atoms with E-state index >= 15 is 0 Å². The lowest BCUT2D eigenvalue weighted by Crippen LogP contribution is -1.92. The van der Waals surface area contributed by atoms with E-state index in [4.69, 9.17) is 4.74 Å². The second-order valence-corrected chi connectivity index (χ2v) is 2.64. The predicted molar refractivity (Wildman–Crippen MR) is 44.5 cm³/mol. The van der Waals surface area contributed by atoms with Crippen molar-refractivity contribution in [1.29, 1.82) is 0 Å². The minimum atomic E-state index is 0.645. The quantitative estimate of drug-likeness (QED) is 0.545. The molecular weight excluding hydrogens is 124 g/mol. The Morgan fingerprint density at radius 2 is 2.20 bits per heavy atom. The summed E-state index contributed by atoms with van der Waals surface area (Å²) in [6.07, 6.45) is 4.43. The van der Waals surface area contributed by atoms with E-state index in [9.17, 15) is 0 Å². The smallest absolute Gasteiger partial charge is 0.0991 e. The number of ether oxygens (including phenoxy) is 1. The molecule has 0 saturated heterocycles. The van der Waals surface area contributed by atoms with Gasteiger partial charge in [-0.2, -0.15) is 0 Å². The lowest BCUT2D eigenvalue weighted by Gasteiger charge is -2.07. The third-order valence-corrected chi connectivity index (χ3v) is 1.17. The van der Waals surface area contributed by atoms with Crippen molar-refractivity contribution in [3.05, 3.63) is 24.7 Å². The van der Waals surface area contributed by atoms with Gasteiger partial charge in [-0.15, -0.1) is 0 Å². The first-order valence-corrected chi connectivity index (χ1v) is 3.63. The number of allylic oxidation sites excluding steroid dienone is 2. The van der Waals surface area contributed by atoms with Crippen LogP contribution in [0.5, 0.6) is 0 Å². The van der Waals surface area contributed by atoms with Gasteiger partial charge in [-0.1, -0.05) is 20.4 Å². The lowest BCUT2D eigenvalue weighted by atomic mass is 10.1. The maximum absolute atomic E-state index is 5.13. The summed E-state index contributed by atoms with van der Waals surface area (Å²) in [5, 5.41) is 0. The summed E-state index contributed by atoms with van der Waals surface area (Å²) in [5.74, 6) is 1.65. The highest BCUT2D eigenvalue weighted by Gasteiger charge is 1.98. The molecule has 0 atom stereocenters. The Morgan fingerprint density at radius 1 is 1.60 bits per heavy atom. The molecule has 0 spiro atoms. The van der Waals surface area contributed by atoms with Crippen LogP contribution in [0.1, 0.15) is 27.2 Å². The molecule has 0 aromatic carbocycles. The van der Waals surface area contributed by atoms with Crippen LogP contribution in [0.4, 0.5) is 0 Å². The van der Waals surface area contributed by atoms with Crippen LogP contribution in [0.3, 0.4) is 0 Å². The van der Waals surface area contributed by atoms with Crippen LogP contribution in [0.2, 0.25) is 0 Å². The van der Waals surface area contributed by atoms with Crippen molar-refractivity contribution in [3.8, 4) is 0 Å². The molecule has 10 heavy (non-hydrogen) atoms. The number of rotatable bonds is 4. The van der Waals surface area contributed by atoms with E-state index in [0.29, 0.717) is 5.92 Å². The van der Waals surface area contributed by atoms with Gasteiger partial charge in [-0.05, 0) is 18.9 Å². The Kier molecular flexibility index (Phi) is 4.73. The Bertz CT molecular complexity index is 123. The standard InChI is InChI=1S/C9H16O/c1-5-9(10-6-2)7-8(3)4/h5-6,8H,2,7H2,1,3-4H3/b9-5-. The summed E-state index contributed by atoms with van der Waals surface area (Å²) in [5.41, 5.74) is 0. The first-order chi connectivity index (χ1) is 4.70.